The van der Waals surface area contributed by atoms with E-state index in [2.05, 4.69) is 0 Å². The molecule has 10 heavy (non-hydrogen) atoms. The summed E-state index contributed by atoms with van der Waals surface area (Å²) in [6, 6.07) is -0.447. The van der Waals surface area contributed by atoms with Crippen molar-refractivity contribution >= 4 is 6.03 Å². The molecule has 1 aliphatic rings. The molecule has 0 radical (unpaired) electrons. The number of carbonyl (C=O) groups excluding carboxylic acids is 1. The number of nitrogens with two attached hydrogens (primary N) is 1. The number of amides is 2. The number of hydrogen-bond acceptors (Lipinski definition) is 2. The second-order valence-electron chi connectivity index (χ2n) is 3.01. The van der Waals surface area contributed by atoms with Gasteiger partial charge in [0.15, 0.2) is 0 Å². The fourth-order valence-corrected chi connectivity index (χ4v) is 1.13. The third-order valence-corrected chi connectivity index (χ3v) is 1.76. The molecule has 0 aromatic carbocycles. The van der Waals surface area contributed by atoms with Crippen molar-refractivity contribution < 1.29 is 9.90 Å². The van der Waals surface area contributed by atoms with E-state index in [9.17, 15) is 9.90 Å². The summed E-state index contributed by atoms with van der Waals surface area (Å²) in [5.74, 6) is 0. The molecule has 3 N–H and O–H groups in total. The van der Waals surface area contributed by atoms with Crippen LogP contribution in [0, 0.1) is 0 Å². The number of aliphatic hydroxyl groups is 1. The van der Waals surface area contributed by atoms with Crippen LogP contribution in [0.4, 0.5) is 4.79 Å². The fourth-order valence-electron chi connectivity index (χ4n) is 1.13. The SMILES string of the molecule is CC1(O)CCN(C(N)=O)C1. The maximum Gasteiger partial charge on any atom is 0.314 e. The van der Waals surface area contributed by atoms with E-state index < -0.39 is 11.6 Å². The van der Waals surface area contributed by atoms with E-state index in [0.717, 1.165) is 0 Å². The molecule has 0 bridgehead atoms. The first-order chi connectivity index (χ1) is 4.51. The van der Waals surface area contributed by atoms with Crippen LogP contribution in [0.25, 0.3) is 0 Å². The second kappa shape index (κ2) is 2.12. The van der Waals surface area contributed by atoms with E-state index in [-0.39, 0.29) is 0 Å². The maximum atomic E-state index is 10.5. The molecule has 1 fully saturated rings. The number of rotatable bonds is 0. The Kier molecular flexibility index (Phi) is 1.56. The zero-order chi connectivity index (χ0) is 7.78. The van der Waals surface area contributed by atoms with Crippen LogP contribution in [0.3, 0.4) is 0 Å². The molecule has 1 aliphatic heterocycles. The number of urea groups is 1. The Morgan fingerprint density at radius 1 is 1.80 bits per heavy atom. The molecule has 0 spiro atoms. The Morgan fingerprint density at radius 2 is 2.40 bits per heavy atom. The normalized spacial score (nSPS) is 32.8. The van der Waals surface area contributed by atoms with Crippen LogP contribution in [0.2, 0.25) is 0 Å². The van der Waals surface area contributed by atoms with Crippen LogP contribution in [-0.4, -0.2) is 34.7 Å². The first-order valence-electron chi connectivity index (χ1n) is 3.28. The van der Waals surface area contributed by atoms with Gasteiger partial charge in [0.2, 0.25) is 0 Å². The minimum atomic E-state index is -0.727. The van der Waals surface area contributed by atoms with Gasteiger partial charge >= 0.3 is 6.03 Å². The summed E-state index contributed by atoms with van der Waals surface area (Å²) in [5.41, 5.74) is 4.27. The lowest BCUT2D eigenvalue weighted by Gasteiger charge is -2.16. The van der Waals surface area contributed by atoms with Gasteiger partial charge in [0.05, 0.1) is 12.1 Å². The van der Waals surface area contributed by atoms with Crippen LogP contribution in [-0.2, 0) is 0 Å². The summed E-state index contributed by atoms with van der Waals surface area (Å²) in [5, 5.41) is 9.36. The summed E-state index contributed by atoms with van der Waals surface area (Å²) < 4.78 is 0. The van der Waals surface area contributed by atoms with Gasteiger partial charge in [-0.25, -0.2) is 4.79 Å². The van der Waals surface area contributed by atoms with E-state index in [1.165, 1.54) is 4.90 Å². The van der Waals surface area contributed by atoms with Crippen molar-refractivity contribution in [1.29, 1.82) is 0 Å². The van der Waals surface area contributed by atoms with E-state index in [4.69, 9.17) is 5.73 Å². The smallest absolute Gasteiger partial charge is 0.314 e. The molecule has 0 aromatic rings. The largest absolute Gasteiger partial charge is 0.388 e. The van der Waals surface area contributed by atoms with Crippen molar-refractivity contribution in [1.82, 2.24) is 4.90 Å². The lowest BCUT2D eigenvalue weighted by atomic mass is 10.1. The summed E-state index contributed by atoms with van der Waals surface area (Å²) in [6.07, 6.45) is 0.621. The molecule has 4 nitrogen and oxygen atoms in total. The van der Waals surface area contributed by atoms with Gasteiger partial charge in [-0.2, -0.15) is 0 Å². The van der Waals surface area contributed by atoms with Crippen molar-refractivity contribution in [3.05, 3.63) is 0 Å². The zero-order valence-corrected chi connectivity index (χ0v) is 6.00. The summed E-state index contributed by atoms with van der Waals surface area (Å²) in [6.45, 7) is 2.64. The average molecular weight is 144 g/mol. The van der Waals surface area contributed by atoms with Gasteiger partial charge in [-0.1, -0.05) is 0 Å². The minimum Gasteiger partial charge on any atom is -0.388 e. The molecule has 4 heteroatoms. The topological polar surface area (TPSA) is 66.6 Å². The molecule has 58 valence electrons. The van der Waals surface area contributed by atoms with Gasteiger partial charge in [0, 0.05) is 6.54 Å². The minimum absolute atomic E-state index is 0.363. The number of hydrogen-bond donors (Lipinski definition) is 2. The molecule has 1 unspecified atom stereocenters. The molecule has 1 heterocycles. The quantitative estimate of drug-likeness (QED) is 0.482. The van der Waals surface area contributed by atoms with Crippen LogP contribution >= 0.6 is 0 Å². The van der Waals surface area contributed by atoms with Crippen molar-refractivity contribution in [2.75, 3.05) is 13.1 Å². The number of β-amino-alcohol motifs (C(OH)–C–C–N with tert-alkyl or cyclic N) is 1. The Hall–Kier alpha value is -0.770. The van der Waals surface area contributed by atoms with Crippen LogP contribution in [0.15, 0.2) is 0 Å². The Bertz CT molecular complexity index is 156. The van der Waals surface area contributed by atoms with Crippen molar-refractivity contribution in [2.24, 2.45) is 5.73 Å². The number of likely N-dealkylation sites (tertiary alicyclic amines) is 1. The molecule has 0 saturated carbocycles. The first kappa shape index (κ1) is 7.34. The molecule has 0 aromatic heterocycles. The third-order valence-electron chi connectivity index (χ3n) is 1.76. The molecule has 0 aliphatic carbocycles. The van der Waals surface area contributed by atoms with Crippen LogP contribution < -0.4 is 5.73 Å². The number of carbonyl (C=O) groups is 1. The highest BCUT2D eigenvalue weighted by Gasteiger charge is 2.32. The van der Waals surface area contributed by atoms with Gasteiger partial charge in [-0.3, -0.25) is 0 Å². The lowest BCUT2D eigenvalue weighted by molar-refractivity contribution is 0.0725. The zero-order valence-electron chi connectivity index (χ0n) is 6.00. The molecule has 2 amide bonds. The summed E-state index contributed by atoms with van der Waals surface area (Å²) in [4.78, 5) is 12.0. The molecular weight excluding hydrogens is 132 g/mol. The van der Waals surface area contributed by atoms with E-state index >= 15 is 0 Å². The van der Waals surface area contributed by atoms with Gasteiger partial charge in [-0.05, 0) is 13.3 Å². The highest BCUT2D eigenvalue weighted by atomic mass is 16.3. The summed E-state index contributed by atoms with van der Waals surface area (Å²) >= 11 is 0. The average Bonchev–Trinajstić information content (AvgIpc) is 2.10. The Balaban J connectivity index is 2.51. The predicted molar refractivity (Wildman–Crippen MR) is 36.4 cm³/mol. The van der Waals surface area contributed by atoms with Crippen molar-refractivity contribution in [3.8, 4) is 0 Å². The lowest BCUT2D eigenvalue weighted by Crippen LogP contribution is -2.37. The summed E-state index contributed by atoms with van der Waals surface area (Å²) in [7, 11) is 0. The van der Waals surface area contributed by atoms with Gasteiger partial charge in [0.1, 0.15) is 0 Å². The number of primary amides is 1. The Morgan fingerprint density at radius 3 is 2.60 bits per heavy atom. The van der Waals surface area contributed by atoms with Gasteiger partial charge in [0.25, 0.3) is 0 Å². The predicted octanol–water partition coefficient (Wildman–Crippen LogP) is -0.478. The van der Waals surface area contributed by atoms with E-state index in [1.807, 2.05) is 0 Å². The second-order valence-corrected chi connectivity index (χ2v) is 3.01. The molecular formula is C6H12N2O2. The fraction of sp³-hybridized carbons (Fsp3) is 0.833. The highest BCUT2D eigenvalue weighted by Crippen LogP contribution is 2.19. The van der Waals surface area contributed by atoms with Crippen molar-refractivity contribution in [2.45, 2.75) is 18.9 Å². The molecule has 1 saturated heterocycles. The molecule has 1 rings (SSSR count). The number of nitrogens with zero attached hydrogens (tertiary/aromatic N) is 1. The van der Waals surface area contributed by atoms with Gasteiger partial charge < -0.3 is 15.7 Å². The first-order valence-corrected chi connectivity index (χ1v) is 3.28. The van der Waals surface area contributed by atoms with E-state index in [1.54, 1.807) is 6.92 Å². The van der Waals surface area contributed by atoms with E-state index in [0.29, 0.717) is 19.5 Å². The maximum absolute atomic E-state index is 10.5. The third kappa shape index (κ3) is 1.39. The highest BCUT2D eigenvalue weighted by molar-refractivity contribution is 5.72. The molecule has 1 atom stereocenters. The Labute approximate surface area is 59.6 Å². The van der Waals surface area contributed by atoms with Gasteiger partial charge in [-0.15, -0.1) is 0 Å². The standard InChI is InChI=1S/C6H12N2O2/c1-6(10)2-3-8(4-6)5(7)9/h10H,2-4H2,1H3,(H2,7,9). The van der Waals surface area contributed by atoms with Crippen LogP contribution in [0.5, 0.6) is 0 Å². The van der Waals surface area contributed by atoms with Crippen LogP contribution in [0.1, 0.15) is 13.3 Å². The monoisotopic (exact) mass is 144 g/mol. The van der Waals surface area contributed by atoms with Crippen molar-refractivity contribution in [3.63, 3.8) is 0 Å².